The van der Waals surface area contributed by atoms with Gasteiger partial charge in [-0.05, 0) is 48.2 Å². The lowest BCUT2D eigenvalue weighted by Crippen LogP contribution is -2.51. The third kappa shape index (κ3) is 3.77. The molecule has 2 fully saturated rings. The highest BCUT2D eigenvalue weighted by molar-refractivity contribution is 5.18. The number of morpholine rings is 1. The molecule has 1 aromatic heterocycles. The molecule has 1 aliphatic heterocycles. The van der Waals surface area contributed by atoms with E-state index in [2.05, 4.69) is 9.88 Å². The molecule has 2 heterocycles. The van der Waals surface area contributed by atoms with Crippen LogP contribution < -0.4 is 0 Å². The molecule has 2 aliphatic rings. The van der Waals surface area contributed by atoms with Gasteiger partial charge in [0.2, 0.25) is 0 Å². The Morgan fingerprint density at radius 3 is 2.73 bits per heavy atom. The summed E-state index contributed by atoms with van der Waals surface area (Å²) in [6.07, 6.45) is 5.52. The Labute approximate surface area is 151 Å². The Morgan fingerprint density at radius 1 is 1.08 bits per heavy atom. The summed E-state index contributed by atoms with van der Waals surface area (Å²) in [5.41, 5.74) is 1.88. The highest BCUT2D eigenvalue weighted by atomic mass is 19.2. The molecule has 4 nitrogen and oxygen atoms in total. The second kappa shape index (κ2) is 7.78. The number of hydrogen-bond donors (Lipinski definition) is 0. The molecule has 0 radical (unpaired) electrons. The maximum atomic E-state index is 13.5. The van der Waals surface area contributed by atoms with Crippen molar-refractivity contribution in [3.63, 3.8) is 0 Å². The quantitative estimate of drug-likeness (QED) is 0.819. The number of benzene rings is 1. The minimum atomic E-state index is -0.806. The Hall–Kier alpha value is -1.89. The number of pyridine rings is 1. The number of nitrogens with zero attached hydrogens (tertiary/aromatic N) is 2. The van der Waals surface area contributed by atoms with Gasteiger partial charge in [0.15, 0.2) is 11.6 Å². The third-order valence-corrected chi connectivity index (χ3v) is 5.23. The molecule has 1 aromatic carbocycles. The van der Waals surface area contributed by atoms with E-state index in [1.807, 2.05) is 12.1 Å². The number of hydrogen-bond acceptors (Lipinski definition) is 4. The summed E-state index contributed by atoms with van der Waals surface area (Å²) < 4.78 is 38.7. The second-order valence-corrected chi connectivity index (χ2v) is 6.90. The fourth-order valence-corrected chi connectivity index (χ4v) is 3.92. The van der Waals surface area contributed by atoms with Crippen molar-refractivity contribution in [3.05, 3.63) is 65.5 Å². The van der Waals surface area contributed by atoms with Gasteiger partial charge in [-0.25, -0.2) is 8.78 Å². The average molecular weight is 360 g/mol. The molecule has 1 saturated heterocycles. The van der Waals surface area contributed by atoms with Crippen LogP contribution in [0.25, 0.3) is 0 Å². The normalized spacial score (nSPS) is 26.0. The first kappa shape index (κ1) is 17.5. The lowest BCUT2D eigenvalue weighted by molar-refractivity contribution is -0.118. The van der Waals surface area contributed by atoms with Gasteiger partial charge in [0.05, 0.1) is 25.4 Å². The van der Waals surface area contributed by atoms with Crippen LogP contribution in [0.1, 0.15) is 24.0 Å². The molecule has 26 heavy (non-hydrogen) atoms. The maximum absolute atomic E-state index is 13.5. The number of ether oxygens (including phenoxy) is 2. The molecule has 4 rings (SSSR count). The van der Waals surface area contributed by atoms with Gasteiger partial charge in [-0.15, -0.1) is 0 Å². The van der Waals surface area contributed by atoms with Gasteiger partial charge < -0.3 is 9.47 Å². The number of fused-ring (bicyclic) bond motifs is 1. The Kier molecular flexibility index (Phi) is 5.24. The summed E-state index contributed by atoms with van der Waals surface area (Å²) in [6, 6.07) is 8.27. The van der Waals surface area contributed by atoms with E-state index in [0.717, 1.165) is 30.5 Å². The minimum absolute atomic E-state index is 0.0240. The topological polar surface area (TPSA) is 34.6 Å². The van der Waals surface area contributed by atoms with E-state index in [1.165, 1.54) is 12.1 Å². The maximum Gasteiger partial charge on any atom is 0.159 e. The van der Waals surface area contributed by atoms with Crippen LogP contribution in [0.4, 0.5) is 8.78 Å². The van der Waals surface area contributed by atoms with Gasteiger partial charge >= 0.3 is 0 Å². The van der Waals surface area contributed by atoms with Crippen LogP contribution in [-0.2, 0) is 22.6 Å². The molecule has 6 heteroatoms. The van der Waals surface area contributed by atoms with Gasteiger partial charge in [0, 0.05) is 31.5 Å². The van der Waals surface area contributed by atoms with Gasteiger partial charge in [0.25, 0.3) is 0 Å². The molecular weight excluding hydrogens is 338 g/mol. The van der Waals surface area contributed by atoms with Gasteiger partial charge in [-0.3, -0.25) is 9.88 Å². The SMILES string of the molecule is Fc1ccc(CN2CCO[C@H]3[C@@H](OCc4ccncc4)CC[C@@H]32)cc1F. The predicted molar refractivity (Wildman–Crippen MR) is 92.3 cm³/mol. The monoisotopic (exact) mass is 360 g/mol. The number of rotatable bonds is 5. The first-order valence-electron chi connectivity index (χ1n) is 9.01. The molecule has 3 atom stereocenters. The summed E-state index contributed by atoms with van der Waals surface area (Å²) in [6.45, 7) is 2.55. The van der Waals surface area contributed by atoms with Crippen molar-refractivity contribution in [2.24, 2.45) is 0 Å². The zero-order valence-electron chi connectivity index (χ0n) is 14.5. The standard InChI is InChI=1S/C20H22F2N2O2/c21-16-2-1-15(11-17(16)22)12-24-9-10-25-20-18(24)3-4-19(20)26-13-14-5-7-23-8-6-14/h1-2,5-8,11,18-20H,3-4,9-10,12-13H2/t18-,19-,20+/m0/s1. The van der Waals surface area contributed by atoms with Crippen LogP contribution in [0.2, 0.25) is 0 Å². The fraction of sp³-hybridized carbons (Fsp3) is 0.450. The molecular formula is C20H22F2N2O2. The van der Waals surface area contributed by atoms with Crippen LogP contribution in [0, 0.1) is 11.6 Å². The van der Waals surface area contributed by atoms with Crippen LogP contribution in [0.5, 0.6) is 0 Å². The van der Waals surface area contributed by atoms with E-state index in [4.69, 9.17) is 9.47 Å². The minimum Gasteiger partial charge on any atom is -0.373 e. The van der Waals surface area contributed by atoms with Gasteiger partial charge in [-0.2, -0.15) is 0 Å². The van der Waals surface area contributed by atoms with Crippen molar-refractivity contribution < 1.29 is 18.3 Å². The molecule has 0 spiro atoms. The molecule has 0 bridgehead atoms. The first-order chi connectivity index (χ1) is 12.7. The van der Waals surface area contributed by atoms with Crippen molar-refractivity contribution in [1.82, 2.24) is 9.88 Å². The molecule has 0 N–H and O–H groups in total. The Balaban J connectivity index is 1.38. The van der Waals surface area contributed by atoms with Crippen LogP contribution in [0.3, 0.4) is 0 Å². The Bertz CT molecular complexity index is 744. The molecule has 1 saturated carbocycles. The smallest absolute Gasteiger partial charge is 0.159 e. The lowest BCUT2D eigenvalue weighted by Gasteiger charge is -2.39. The Morgan fingerprint density at radius 2 is 1.92 bits per heavy atom. The summed E-state index contributed by atoms with van der Waals surface area (Å²) in [5.74, 6) is -1.60. The summed E-state index contributed by atoms with van der Waals surface area (Å²) in [7, 11) is 0. The summed E-state index contributed by atoms with van der Waals surface area (Å²) in [5, 5.41) is 0. The predicted octanol–water partition coefficient (Wildman–Crippen LogP) is 3.31. The number of aromatic nitrogens is 1. The van der Waals surface area contributed by atoms with Crippen LogP contribution in [-0.4, -0.2) is 41.3 Å². The van der Waals surface area contributed by atoms with E-state index in [9.17, 15) is 8.78 Å². The summed E-state index contributed by atoms with van der Waals surface area (Å²) in [4.78, 5) is 6.32. The first-order valence-corrected chi connectivity index (χ1v) is 9.01. The van der Waals surface area contributed by atoms with Crippen molar-refractivity contribution in [1.29, 1.82) is 0 Å². The molecule has 0 unspecified atom stereocenters. The van der Waals surface area contributed by atoms with Gasteiger partial charge in [-0.1, -0.05) is 6.07 Å². The molecule has 138 valence electrons. The highest BCUT2D eigenvalue weighted by Gasteiger charge is 2.43. The van der Waals surface area contributed by atoms with E-state index in [0.29, 0.717) is 19.8 Å². The zero-order chi connectivity index (χ0) is 17.9. The van der Waals surface area contributed by atoms with Crippen molar-refractivity contribution in [3.8, 4) is 0 Å². The lowest BCUT2D eigenvalue weighted by atomic mass is 10.1. The number of halogens is 2. The van der Waals surface area contributed by atoms with Crippen molar-refractivity contribution in [2.75, 3.05) is 13.2 Å². The van der Waals surface area contributed by atoms with Gasteiger partial charge in [0.1, 0.15) is 0 Å². The van der Waals surface area contributed by atoms with E-state index >= 15 is 0 Å². The summed E-state index contributed by atoms with van der Waals surface area (Å²) >= 11 is 0. The van der Waals surface area contributed by atoms with E-state index in [1.54, 1.807) is 18.5 Å². The van der Waals surface area contributed by atoms with Crippen molar-refractivity contribution >= 4 is 0 Å². The largest absolute Gasteiger partial charge is 0.373 e. The zero-order valence-corrected chi connectivity index (χ0v) is 14.5. The third-order valence-electron chi connectivity index (χ3n) is 5.23. The van der Waals surface area contributed by atoms with Crippen LogP contribution >= 0.6 is 0 Å². The average Bonchev–Trinajstić information content (AvgIpc) is 3.08. The van der Waals surface area contributed by atoms with E-state index < -0.39 is 11.6 Å². The van der Waals surface area contributed by atoms with Crippen LogP contribution in [0.15, 0.2) is 42.7 Å². The fourth-order valence-electron chi connectivity index (χ4n) is 3.92. The molecule has 1 aliphatic carbocycles. The highest BCUT2D eigenvalue weighted by Crippen LogP contribution is 2.33. The molecule has 0 amide bonds. The second-order valence-electron chi connectivity index (χ2n) is 6.90. The van der Waals surface area contributed by atoms with E-state index in [-0.39, 0.29) is 18.2 Å². The van der Waals surface area contributed by atoms with Crippen molar-refractivity contribution in [2.45, 2.75) is 44.2 Å². The molecule has 2 aromatic rings.